The third-order valence-corrected chi connectivity index (χ3v) is 9.46. The quantitative estimate of drug-likeness (QED) is 0.439. The van der Waals surface area contributed by atoms with Crippen LogP contribution in [0.1, 0.15) is 49.7 Å². The standard InChI is InChI=1S/C29H36Cl2N2O2/c1-32(28(34)15-21-8-11-26(30)27(31)14-21)24-10-9-23-19-33(18-20-6-7-20)13-12-29(23,17-24)22-4-3-5-25(16-22)35-2/h3-5,8,11,14,16,20,23-24H,6-7,9-10,12-13,15,17-19H2,1-2H3/t23-,24+,29+/m1/s1. The Morgan fingerprint density at radius 3 is 2.69 bits per heavy atom. The number of methoxy groups -OCH3 is 1. The minimum Gasteiger partial charge on any atom is -0.497 e. The maximum Gasteiger partial charge on any atom is 0.226 e. The predicted octanol–water partition coefficient (Wildman–Crippen LogP) is 6.23. The lowest BCUT2D eigenvalue weighted by atomic mass is 9.57. The average molecular weight is 516 g/mol. The van der Waals surface area contributed by atoms with Crippen LogP contribution >= 0.6 is 23.2 Å². The van der Waals surface area contributed by atoms with Crippen molar-refractivity contribution in [2.45, 2.75) is 56.4 Å². The third kappa shape index (κ3) is 5.35. The van der Waals surface area contributed by atoms with E-state index in [4.69, 9.17) is 27.9 Å². The summed E-state index contributed by atoms with van der Waals surface area (Å²) < 4.78 is 5.61. The first-order valence-electron chi connectivity index (χ1n) is 12.9. The highest BCUT2D eigenvalue weighted by Crippen LogP contribution is 2.51. The number of piperidine rings is 1. The topological polar surface area (TPSA) is 32.8 Å². The Balaban J connectivity index is 1.36. The Morgan fingerprint density at radius 1 is 1.11 bits per heavy atom. The molecule has 0 spiro atoms. The lowest BCUT2D eigenvalue weighted by Gasteiger charge is -2.54. The SMILES string of the molecule is COc1cccc([C@@]23CCN(CC4CC4)C[C@H]2CC[C@H](N(C)C(=O)Cc2ccc(Cl)c(Cl)c2)C3)c1. The van der Waals surface area contributed by atoms with E-state index in [1.807, 2.05) is 24.1 Å². The number of likely N-dealkylation sites (tertiary alicyclic amines) is 1. The fourth-order valence-electron chi connectivity index (χ4n) is 6.44. The fraction of sp³-hybridized carbons (Fsp3) is 0.552. The van der Waals surface area contributed by atoms with Crippen molar-refractivity contribution in [1.82, 2.24) is 9.80 Å². The molecule has 1 saturated heterocycles. The molecule has 0 N–H and O–H groups in total. The van der Waals surface area contributed by atoms with Gasteiger partial charge in [-0.15, -0.1) is 0 Å². The molecule has 1 heterocycles. The van der Waals surface area contributed by atoms with E-state index < -0.39 is 0 Å². The molecule has 188 valence electrons. The summed E-state index contributed by atoms with van der Waals surface area (Å²) in [5.74, 6) is 2.58. The zero-order valence-corrected chi connectivity index (χ0v) is 22.3. The van der Waals surface area contributed by atoms with E-state index in [0.29, 0.717) is 22.4 Å². The van der Waals surface area contributed by atoms with Crippen molar-refractivity contribution in [3.05, 3.63) is 63.6 Å². The van der Waals surface area contributed by atoms with Gasteiger partial charge in [0.15, 0.2) is 0 Å². The summed E-state index contributed by atoms with van der Waals surface area (Å²) in [6, 6.07) is 14.4. The Hall–Kier alpha value is -1.75. The number of ether oxygens (including phenoxy) is 1. The molecule has 0 radical (unpaired) electrons. The van der Waals surface area contributed by atoms with Crippen molar-refractivity contribution in [2.24, 2.45) is 11.8 Å². The second-order valence-corrected chi connectivity index (χ2v) is 11.7. The van der Waals surface area contributed by atoms with Gasteiger partial charge in [0, 0.05) is 31.6 Å². The van der Waals surface area contributed by atoms with Gasteiger partial charge in [-0.3, -0.25) is 4.79 Å². The van der Waals surface area contributed by atoms with E-state index >= 15 is 0 Å². The molecule has 35 heavy (non-hydrogen) atoms. The van der Waals surface area contributed by atoms with E-state index in [1.54, 1.807) is 19.2 Å². The van der Waals surface area contributed by atoms with Crippen LogP contribution in [0.2, 0.25) is 10.0 Å². The first-order valence-corrected chi connectivity index (χ1v) is 13.7. The molecule has 0 aromatic heterocycles. The van der Waals surface area contributed by atoms with Gasteiger partial charge in [0.05, 0.1) is 23.6 Å². The van der Waals surface area contributed by atoms with Crippen LogP contribution in [0, 0.1) is 11.8 Å². The monoisotopic (exact) mass is 514 g/mol. The summed E-state index contributed by atoms with van der Waals surface area (Å²) >= 11 is 12.3. The largest absolute Gasteiger partial charge is 0.497 e. The summed E-state index contributed by atoms with van der Waals surface area (Å²) in [4.78, 5) is 18.0. The smallest absolute Gasteiger partial charge is 0.226 e. The van der Waals surface area contributed by atoms with Gasteiger partial charge in [0.25, 0.3) is 0 Å². The molecule has 1 aliphatic heterocycles. The molecule has 5 rings (SSSR count). The number of hydrogen-bond acceptors (Lipinski definition) is 3. The maximum absolute atomic E-state index is 13.3. The van der Waals surface area contributed by atoms with Crippen LogP contribution < -0.4 is 4.74 Å². The van der Waals surface area contributed by atoms with Crippen molar-refractivity contribution in [1.29, 1.82) is 0 Å². The van der Waals surface area contributed by atoms with E-state index in [1.165, 1.54) is 31.5 Å². The van der Waals surface area contributed by atoms with Crippen molar-refractivity contribution in [3.8, 4) is 5.75 Å². The third-order valence-electron chi connectivity index (χ3n) is 8.72. The maximum atomic E-state index is 13.3. The van der Waals surface area contributed by atoms with Crippen molar-refractivity contribution >= 4 is 29.1 Å². The number of likely N-dealkylation sites (N-methyl/N-ethyl adjacent to an activating group) is 1. The molecule has 3 fully saturated rings. The van der Waals surface area contributed by atoms with Gasteiger partial charge >= 0.3 is 0 Å². The van der Waals surface area contributed by atoms with E-state index in [-0.39, 0.29) is 17.4 Å². The number of rotatable bonds is 7. The zero-order valence-electron chi connectivity index (χ0n) is 20.8. The molecule has 1 amide bonds. The first-order chi connectivity index (χ1) is 16.9. The highest BCUT2D eigenvalue weighted by molar-refractivity contribution is 6.42. The van der Waals surface area contributed by atoms with E-state index in [2.05, 4.69) is 23.1 Å². The summed E-state index contributed by atoms with van der Waals surface area (Å²) in [5, 5.41) is 1.01. The highest BCUT2D eigenvalue weighted by Gasteiger charge is 2.49. The number of carbonyl (C=O) groups excluding carboxylic acids is 1. The average Bonchev–Trinajstić information content (AvgIpc) is 3.69. The summed E-state index contributed by atoms with van der Waals surface area (Å²) in [7, 11) is 3.72. The number of amides is 1. The normalized spacial score (nSPS) is 26.7. The number of nitrogens with zero attached hydrogens (tertiary/aromatic N) is 2. The fourth-order valence-corrected chi connectivity index (χ4v) is 6.76. The summed E-state index contributed by atoms with van der Waals surface area (Å²) in [6.07, 6.45) is 7.49. The number of fused-ring (bicyclic) bond motifs is 1. The molecule has 0 unspecified atom stereocenters. The molecule has 4 nitrogen and oxygen atoms in total. The Bertz CT molecular complexity index is 1070. The highest BCUT2D eigenvalue weighted by atomic mass is 35.5. The van der Waals surface area contributed by atoms with Crippen LogP contribution in [-0.2, 0) is 16.6 Å². The molecule has 0 bridgehead atoms. The van der Waals surface area contributed by atoms with E-state index in [0.717, 1.165) is 49.5 Å². The van der Waals surface area contributed by atoms with Gasteiger partial charge in [-0.25, -0.2) is 0 Å². The van der Waals surface area contributed by atoms with Crippen LogP contribution in [0.4, 0.5) is 0 Å². The second kappa shape index (κ2) is 10.3. The van der Waals surface area contributed by atoms with Crippen molar-refractivity contribution in [3.63, 3.8) is 0 Å². The number of benzene rings is 2. The molecule has 6 heteroatoms. The van der Waals surface area contributed by atoms with Gasteiger partial charge in [0.2, 0.25) is 5.91 Å². The Labute approximate surface area is 219 Å². The molecular formula is C29H36Cl2N2O2. The number of halogens is 2. The van der Waals surface area contributed by atoms with Crippen LogP contribution in [0.5, 0.6) is 5.75 Å². The number of carbonyl (C=O) groups is 1. The molecule has 3 atom stereocenters. The van der Waals surface area contributed by atoms with Crippen LogP contribution in [-0.4, -0.2) is 55.5 Å². The molecule has 2 aromatic rings. The molecule has 2 saturated carbocycles. The van der Waals surface area contributed by atoms with Crippen LogP contribution in [0.15, 0.2) is 42.5 Å². The lowest BCUT2D eigenvalue weighted by molar-refractivity contribution is -0.133. The minimum absolute atomic E-state index is 0.0790. The van der Waals surface area contributed by atoms with Crippen LogP contribution in [0.25, 0.3) is 0 Å². The van der Waals surface area contributed by atoms with Crippen molar-refractivity contribution in [2.75, 3.05) is 33.8 Å². The minimum atomic E-state index is 0.0790. The molecule has 3 aliphatic rings. The summed E-state index contributed by atoms with van der Waals surface area (Å²) in [6.45, 7) is 3.56. The lowest BCUT2D eigenvalue weighted by Crippen LogP contribution is -2.56. The van der Waals surface area contributed by atoms with Gasteiger partial charge in [-0.2, -0.15) is 0 Å². The van der Waals surface area contributed by atoms with Crippen LogP contribution in [0.3, 0.4) is 0 Å². The number of hydrogen-bond donors (Lipinski definition) is 0. The first kappa shape index (κ1) is 24.9. The summed E-state index contributed by atoms with van der Waals surface area (Å²) in [5.41, 5.74) is 2.36. The Morgan fingerprint density at radius 2 is 1.94 bits per heavy atom. The van der Waals surface area contributed by atoms with Gasteiger partial charge < -0.3 is 14.5 Å². The van der Waals surface area contributed by atoms with Gasteiger partial charge in [-0.1, -0.05) is 41.4 Å². The molecule has 2 aliphatic carbocycles. The van der Waals surface area contributed by atoms with E-state index in [9.17, 15) is 4.79 Å². The van der Waals surface area contributed by atoms with Gasteiger partial charge in [0.1, 0.15) is 5.75 Å². The Kier molecular flexibility index (Phi) is 7.35. The second-order valence-electron chi connectivity index (χ2n) is 10.9. The van der Waals surface area contributed by atoms with Crippen molar-refractivity contribution < 1.29 is 9.53 Å². The zero-order chi connectivity index (χ0) is 24.6. The molecular weight excluding hydrogens is 479 g/mol. The molecule has 2 aromatic carbocycles. The van der Waals surface area contributed by atoms with Gasteiger partial charge in [-0.05, 0) is 92.3 Å². The predicted molar refractivity (Wildman–Crippen MR) is 143 cm³/mol.